The second kappa shape index (κ2) is 15.9. The van der Waals surface area contributed by atoms with Gasteiger partial charge in [-0.15, -0.1) is 8.20 Å². The first-order valence-corrected chi connectivity index (χ1v) is 23.7. The lowest BCUT2D eigenvalue weighted by molar-refractivity contribution is -0.138. The van der Waals surface area contributed by atoms with Crippen molar-refractivity contribution in [2.24, 2.45) is 17.8 Å². The Morgan fingerprint density at radius 2 is 1.30 bits per heavy atom. The highest BCUT2D eigenvalue weighted by molar-refractivity contribution is 7.56. The van der Waals surface area contributed by atoms with Gasteiger partial charge in [0, 0.05) is 24.2 Å². The van der Waals surface area contributed by atoms with E-state index in [4.69, 9.17) is 9.97 Å². The summed E-state index contributed by atoms with van der Waals surface area (Å²) in [5, 5.41) is 0. The zero-order chi connectivity index (χ0) is 37.5. The Bertz CT molecular complexity index is 2080. The van der Waals surface area contributed by atoms with Crippen LogP contribution in [0.3, 0.4) is 0 Å². The van der Waals surface area contributed by atoms with E-state index >= 15 is 0 Å². The number of carbonyl (C=O) groups is 2. The van der Waals surface area contributed by atoms with Gasteiger partial charge in [-0.05, 0) is 106 Å². The van der Waals surface area contributed by atoms with Gasteiger partial charge in [-0.3, -0.25) is 9.59 Å². The predicted octanol–water partition coefficient (Wildman–Crippen LogP) is 9.39. The number of aromatic nitrogens is 4. The van der Waals surface area contributed by atoms with E-state index in [1.807, 2.05) is 0 Å². The number of aromatic amines is 2. The first-order valence-electron chi connectivity index (χ1n) is 20.4. The van der Waals surface area contributed by atoms with Gasteiger partial charge in [0.25, 0.3) is 5.91 Å². The summed E-state index contributed by atoms with van der Waals surface area (Å²) in [5.74, 6) is 3.51. The number of hydrogen-bond acceptors (Lipinski definition) is 4. The predicted molar refractivity (Wildman–Crippen MR) is 226 cm³/mol. The van der Waals surface area contributed by atoms with Crippen LogP contribution in [-0.4, -0.2) is 84.7 Å². The van der Waals surface area contributed by atoms with Gasteiger partial charge in [0.2, 0.25) is 5.91 Å². The summed E-state index contributed by atoms with van der Waals surface area (Å²) in [4.78, 5) is 49.4. The van der Waals surface area contributed by atoms with Crippen molar-refractivity contribution in [3.63, 3.8) is 0 Å². The van der Waals surface area contributed by atoms with Crippen LogP contribution in [0.25, 0.3) is 22.1 Å². The van der Waals surface area contributed by atoms with Gasteiger partial charge in [0.05, 0.1) is 54.7 Å². The minimum absolute atomic E-state index is 0.0119. The van der Waals surface area contributed by atoms with Gasteiger partial charge in [0.1, 0.15) is 11.6 Å². The summed E-state index contributed by atoms with van der Waals surface area (Å²) in [7, 11) is 0.431. The van der Waals surface area contributed by atoms with Gasteiger partial charge >= 0.3 is 0 Å². The van der Waals surface area contributed by atoms with Crippen molar-refractivity contribution in [2.75, 3.05) is 12.8 Å². The Morgan fingerprint density at radius 3 is 1.78 bits per heavy atom. The molecule has 4 heterocycles. The normalized spacial score (nSPS) is 27.1. The highest BCUT2D eigenvalue weighted by Crippen LogP contribution is 2.48. The van der Waals surface area contributed by atoms with E-state index in [1.165, 1.54) is 49.7 Å². The molecule has 4 aliphatic rings. The Balaban J connectivity index is 0.939. The Morgan fingerprint density at radius 1 is 0.815 bits per heavy atom. The molecule has 2 N–H and O–H groups in total. The van der Waals surface area contributed by atoms with Crippen LogP contribution in [0, 0.1) is 17.8 Å². The first-order chi connectivity index (χ1) is 26.2. The van der Waals surface area contributed by atoms with E-state index < -0.39 is 7.55 Å². The lowest BCUT2D eigenvalue weighted by Gasteiger charge is -2.35. The number of carbonyl (C=O) groups excluding carboxylic acids is 2. The number of H-pyrrole nitrogens is 2. The fourth-order valence-corrected chi connectivity index (χ4v) is 11.2. The smallest absolute Gasteiger partial charge is 0.271 e. The third-order valence-electron chi connectivity index (χ3n) is 13.2. The maximum Gasteiger partial charge on any atom is 0.271 e. The number of imidazole rings is 2. The molecule has 0 bridgehead atoms. The second-order valence-electron chi connectivity index (χ2n) is 16.8. The van der Waals surface area contributed by atoms with E-state index in [9.17, 15) is 9.59 Å². The van der Waals surface area contributed by atoms with Crippen molar-refractivity contribution in [1.29, 1.82) is 0 Å². The SMILES string of the molecule is C=PCC(C)C(=O)N1C(c2nc3ccc(C/C=C/Cc4ccc5nc(C6CC7CCCCC7N6C(=O)C(C)[P+](=C)C)[nH]c5c4)cc3[nH]2)CC2CCCCC21. The number of hydrogen-bond donors (Lipinski definition) is 2. The summed E-state index contributed by atoms with van der Waals surface area (Å²) in [5.41, 5.74) is 6.45. The van der Waals surface area contributed by atoms with E-state index in [0.717, 1.165) is 86.6 Å². The molecule has 0 radical (unpaired) electrons. The fraction of sp³-hybridized carbons (Fsp3) is 0.545. The molecule has 4 fully saturated rings. The lowest BCUT2D eigenvalue weighted by Crippen LogP contribution is -2.44. The van der Waals surface area contributed by atoms with Crippen LogP contribution >= 0.6 is 15.7 Å². The van der Waals surface area contributed by atoms with E-state index in [0.29, 0.717) is 23.9 Å². The quantitative estimate of drug-likeness (QED) is 0.118. The van der Waals surface area contributed by atoms with E-state index in [-0.39, 0.29) is 35.5 Å². The number of fused-ring (bicyclic) bond motifs is 4. The molecule has 9 atom stereocenters. The number of amides is 2. The fourth-order valence-electron chi connectivity index (χ4n) is 10.1. The molecule has 54 heavy (non-hydrogen) atoms. The summed E-state index contributed by atoms with van der Waals surface area (Å²) in [6.45, 7) is 6.23. The van der Waals surface area contributed by atoms with Crippen LogP contribution in [-0.2, 0) is 22.4 Å². The van der Waals surface area contributed by atoms with Crippen molar-refractivity contribution in [3.8, 4) is 0 Å². The number of nitrogens with zero attached hydrogens (tertiary/aromatic N) is 4. The standard InChI is InChI=1S/C44H57N6O2P2/c1-27(26-53-3)43(51)49-37-16-10-8-14-31(37)24-39(49)41-45-33-20-18-29(22-35(33)47-41)12-6-7-13-30-19-21-34-36(23-30)48-42(46-34)40-25-32-15-9-11-17-38(32)50(40)44(52)28(2)54(4)5/h6-7,18-23,27-28,31-32,37-40H,3-4,8-17,24-26H2,1-2,5H3,(H,45,47)(H,46,48)/q+1/b7-6+. The van der Waals surface area contributed by atoms with Crippen molar-refractivity contribution in [3.05, 3.63) is 71.3 Å². The number of rotatable bonds is 11. The molecule has 2 aliphatic carbocycles. The average molecular weight is 764 g/mol. The topological polar surface area (TPSA) is 98.0 Å². The van der Waals surface area contributed by atoms with Gasteiger partial charge in [-0.25, -0.2) is 9.97 Å². The van der Waals surface area contributed by atoms with Crippen LogP contribution < -0.4 is 0 Å². The zero-order valence-electron chi connectivity index (χ0n) is 32.3. The Labute approximate surface area is 323 Å². The molecule has 2 saturated heterocycles. The van der Waals surface area contributed by atoms with Crippen molar-refractivity contribution < 1.29 is 9.59 Å². The van der Waals surface area contributed by atoms with Gasteiger partial charge in [-0.1, -0.05) is 63.2 Å². The minimum atomic E-state index is -0.591. The third kappa shape index (κ3) is 7.26. The molecule has 2 aliphatic heterocycles. The van der Waals surface area contributed by atoms with Crippen molar-refractivity contribution in [1.82, 2.24) is 29.7 Å². The molecule has 0 spiro atoms. The number of allylic oxidation sites excluding steroid dienone is 2. The third-order valence-corrected chi connectivity index (χ3v) is 15.5. The van der Waals surface area contributed by atoms with Gasteiger partial charge in [0.15, 0.2) is 5.66 Å². The second-order valence-corrected chi connectivity index (χ2v) is 19.9. The van der Waals surface area contributed by atoms with Crippen molar-refractivity contribution in [2.45, 2.75) is 121 Å². The number of nitrogens with one attached hydrogen (secondary N) is 2. The molecule has 284 valence electrons. The minimum Gasteiger partial charge on any atom is -0.340 e. The molecule has 8 rings (SSSR count). The van der Waals surface area contributed by atoms with E-state index in [2.05, 4.69) is 101 Å². The number of benzene rings is 2. The zero-order valence-corrected chi connectivity index (χ0v) is 34.1. The molecule has 9 unspecified atom stereocenters. The molecular weight excluding hydrogens is 706 g/mol. The largest absolute Gasteiger partial charge is 0.340 e. The lowest BCUT2D eigenvalue weighted by atomic mass is 9.84. The summed E-state index contributed by atoms with van der Waals surface area (Å²) in [6, 6.07) is 13.7. The molecule has 2 aromatic heterocycles. The van der Waals surface area contributed by atoms with Crippen LogP contribution in [0.15, 0.2) is 48.6 Å². The van der Waals surface area contributed by atoms with Crippen LogP contribution in [0.5, 0.6) is 0 Å². The maximum absolute atomic E-state index is 13.8. The summed E-state index contributed by atoms with van der Waals surface area (Å²) >= 11 is 0. The molecular formula is C44H57N6O2P2+. The monoisotopic (exact) mass is 763 g/mol. The molecule has 4 aromatic rings. The molecule has 10 heteroatoms. The summed E-state index contributed by atoms with van der Waals surface area (Å²) in [6.07, 6.45) is 26.8. The Hall–Kier alpha value is -3.60. The van der Waals surface area contributed by atoms with Gasteiger partial charge < -0.3 is 19.8 Å². The van der Waals surface area contributed by atoms with Gasteiger partial charge in [-0.2, -0.15) is 0 Å². The first kappa shape index (κ1) is 37.3. The average Bonchev–Trinajstić information content (AvgIpc) is 3.97. The highest BCUT2D eigenvalue weighted by atomic mass is 31.1. The molecule has 2 saturated carbocycles. The molecule has 8 nitrogen and oxygen atoms in total. The van der Waals surface area contributed by atoms with Crippen LogP contribution in [0.4, 0.5) is 0 Å². The molecule has 2 amide bonds. The maximum atomic E-state index is 13.8. The summed E-state index contributed by atoms with van der Waals surface area (Å²) < 4.78 is 0. The molecule has 2 aromatic carbocycles. The van der Waals surface area contributed by atoms with E-state index in [1.54, 1.807) is 0 Å². The Kier molecular flexibility index (Phi) is 11.0. The van der Waals surface area contributed by atoms with Crippen LogP contribution in [0.1, 0.15) is 113 Å². The highest BCUT2D eigenvalue weighted by Gasteiger charge is 2.49. The number of likely N-dealkylation sites (tertiary alicyclic amines) is 2. The van der Waals surface area contributed by atoms with Crippen molar-refractivity contribution >= 4 is 62.2 Å². The van der Waals surface area contributed by atoms with Crippen LogP contribution in [0.2, 0.25) is 0 Å².